The van der Waals surface area contributed by atoms with Crippen LogP contribution in [-0.2, 0) is 0 Å². The number of nitrogens with one attached hydrogen (secondary N) is 2. The van der Waals surface area contributed by atoms with Crippen LogP contribution in [0.15, 0.2) is 23.7 Å². The molecule has 1 aliphatic rings. The molecular formula is C17H21N7S. The van der Waals surface area contributed by atoms with Crippen molar-refractivity contribution in [2.75, 3.05) is 36.4 Å². The van der Waals surface area contributed by atoms with Crippen molar-refractivity contribution in [1.29, 1.82) is 0 Å². The van der Waals surface area contributed by atoms with E-state index < -0.39 is 0 Å². The molecule has 1 aliphatic heterocycles. The van der Waals surface area contributed by atoms with E-state index in [-0.39, 0.29) is 5.92 Å². The van der Waals surface area contributed by atoms with Gasteiger partial charge in [-0.15, -0.1) is 11.3 Å². The van der Waals surface area contributed by atoms with Gasteiger partial charge in [0.25, 0.3) is 0 Å². The lowest BCUT2D eigenvalue weighted by Gasteiger charge is -2.28. The van der Waals surface area contributed by atoms with Gasteiger partial charge in [-0.3, -0.25) is 0 Å². The first-order valence-corrected chi connectivity index (χ1v) is 9.39. The third kappa shape index (κ3) is 3.54. The number of nitrogens with zero attached hydrogens (tertiary/aromatic N) is 5. The fourth-order valence-corrected chi connectivity index (χ4v) is 3.48. The molecule has 0 radical (unpaired) electrons. The maximum atomic E-state index is 4.67. The minimum absolute atomic E-state index is 0.245. The number of anilines is 3. The Bertz CT molecular complexity index is 870. The standard InChI is InChI=1S/C17H21N7S/c1-11(2)15-21-16(23-17(22-15)24-7-5-18-6-8-24)20-12-3-4-13-14(9-12)25-10-19-13/h3-4,9-11,18H,5-8H2,1-2H3,(H,20,21,22,23). The van der Waals surface area contributed by atoms with Gasteiger partial charge in [-0.05, 0) is 18.2 Å². The van der Waals surface area contributed by atoms with Crippen LogP contribution in [0.4, 0.5) is 17.6 Å². The van der Waals surface area contributed by atoms with E-state index in [0.29, 0.717) is 5.95 Å². The molecule has 130 valence electrons. The number of hydrogen-bond acceptors (Lipinski definition) is 8. The summed E-state index contributed by atoms with van der Waals surface area (Å²) in [4.78, 5) is 20.5. The zero-order valence-corrected chi connectivity index (χ0v) is 15.2. The van der Waals surface area contributed by atoms with Crippen LogP contribution < -0.4 is 15.5 Å². The molecular weight excluding hydrogens is 334 g/mol. The summed E-state index contributed by atoms with van der Waals surface area (Å²) in [5.41, 5.74) is 3.83. The first-order valence-electron chi connectivity index (χ1n) is 8.51. The number of aromatic nitrogens is 4. The van der Waals surface area contributed by atoms with E-state index >= 15 is 0 Å². The van der Waals surface area contributed by atoms with Gasteiger partial charge in [0.05, 0.1) is 15.7 Å². The highest BCUT2D eigenvalue weighted by Gasteiger charge is 2.17. The highest BCUT2D eigenvalue weighted by atomic mass is 32.1. The monoisotopic (exact) mass is 355 g/mol. The predicted molar refractivity (Wildman–Crippen MR) is 102 cm³/mol. The van der Waals surface area contributed by atoms with Crippen molar-refractivity contribution < 1.29 is 0 Å². The zero-order chi connectivity index (χ0) is 17.2. The Balaban J connectivity index is 1.65. The van der Waals surface area contributed by atoms with Crippen LogP contribution in [0, 0.1) is 0 Å². The molecule has 2 aromatic heterocycles. The molecule has 7 nitrogen and oxygen atoms in total. The van der Waals surface area contributed by atoms with Crippen LogP contribution in [0.2, 0.25) is 0 Å². The summed E-state index contributed by atoms with van der Waals surface area (Å²) in [6.45, 7) is 7.93. The molecule has 1 fully saturated rings. The molecule has 4 rings (SSSR count). The van der Waals surface area contributed by atoms with E-state index in [1.54, 1.807) is 11.3 Å². The van der Waals surface area contributed by atoms with Gasteiger partial charge in [-0.1, -0.05) is 13.8 Å². The summed E-state index contributed by atoms with van der Waals surface area (Å²) < 4.78 is 1.14. The van der Waals surface area contributed by atoms with E-state index in [0.717, 1.165) is 53.9 Å². The Morgan fingerprint density at radius 1 is 1.16 bits per heavy atom. The van der Waals surface area contributed by atoms with Gasteiger partial charge in [-0.25, -0.2) is 4.98 Å². The summed E-state index contributed by atoms with van der Waals surface area (Å²) in [5, 5.41) is 6.69. The molecule has 0 spiro atoms. The molecule has 0 aliphatic carbocycles. The minimum atomic E-state index is 0.245. The van der Waals surface area contributed by atoms with Crippen molar-refractivity contribution >= 4 is 39.1 Å². The molecule has 0 unspecified atom stereocenters. The van der Waals surface area contributed by atoms with E-state index in [9.17, 15) is 0 Å². The number of fused-ring (bicyclic) bond motifs is 1. The Labute approximate surface area is 150 Å². The third-order valence-corrected chi connectivity index (χ3v) is 4.94. The lowest BCUT2D eigenvalue weighted by Crippen LogP contribution is -2.44. The Hall–Kier alpha value is -2.32. The first kappa shape index (κ1) is 16.2. The van der Waals surface area contributed by atoms with Crippen molar-refractivity contribution in [2.24, 2.45) is 0 Å². The quantitative estimate of drug-likeness (QED) is 0.745. The van der Waals surface area contributed by atoms with Crippen molar-refractivity contribution in [3.63, 3.8) is 0 Å². The fourth-order valence-electron chi connectivity index (χ4n) is 2.76. The molecule has 1 aromatic carbocycles. The van der Waals surface area contributed by atoms with Gasteiger partial charge in [0.1, 0.15) is 5.82 Å². The number of benzene rings is 1. The Morgan fingerprint density at radius 2 is 2.00 bits per heavy atom. The number of hydrogen-bond donors (Lipinski definition) is 2. The highest BCUT2D eigenvalue weighted by molar-refractivity contribution is 7.16. The van der Waals surface area contributed by atoms with Crippen molar-refractivity contribution in [2.45, 2.75) is 19.8 Å². The van der Waals surface area contributed by atoms with Gasteiger partial charge in [0.2, 0.25) is 11.9 Å². The number of rotatable bonds is 4. The molecule has 8 heteroatoms. The van der Waals surface area contributed by atoms with Gasteiger partial charge < -0.3 is 15.5 Å². The Morgan fingerprint density at radius 3 is 2.80 bits per heavy atom. The van der Waals surface area contributed by atoms with E-state index in [4.69, 9.17) is 0 Å². The molecule has 25 heavy (non-hydrogen) atoms. The third-order valence-electron chi connectivity index (χ3n) is 4.14. The maximum absolute atomic E-state index is 4.67. The zero-order valence-electron chi connectivity index (χ0n) is 14.4. The second kappa shape index (κ2) is 6.89. The van der Waals surface area contributed by atoms with Crippen molar-refractivity contribution in [1.82, 2.24) is 25.3 Å². The van der Waals surface area contributed by atoms with Crippen LogP contribution >= 0.6 is 11.3 Å². The molecule has 0 atom stereocenters. The molecule has 3 heterocycles. The summed E-state index contributed by atoms with van der Waals surface area (Å²) in [6.07, 6.45) is 0. The average molecular weight is 355 g/mol. The molecule has 0 saturated carbocycles. The number of thiazole rings is 1. The van der Waals surface area contributed by atoms with Gasteiger partial charge in [0, 0.05) is 37.8 Å². The first-order chi connectivity index (χ1) is 12.2. The van der Waals surface area contributed by atoms with Gasteiger partial charge in [-0.2, -0.15) is 15.0 Å². The van der Waals surface area contributed by atoms with Gasteiger partial charge in [0.15, 0.2) is 0 Å². The average Bonchev–Trinajstić information content (AvgIpc) is 3.10. The van der Waals surface area contributed by atoms with Crippen molar-refractivity contribution in [3.05, 3.63) is 29.5 Å². The summed E-state index contributed by atoms with van der Waals surface area (Å²) >= 11 is 1.63. The van der Waals surface area contributed by atoms with Crippen molar-refractivity contribution in [3.8, 4) is 0 Å². The normalized spacial score (nSPS) is 15.1. The minimum Gasteiger partial charge on any atom is -0.338 e. The lowest BCUT2D eigenvalue weighted by atomic mass is 10.2. The van der Waals surface area contributed by atoms with Crippen LogP contribution in [0.5, 0.6) is 0 Å². The van der Waals surface area contributed by atoms with Crippen LogP contribution in [0.25, 0.3) is 10.2 Å². The van der Waals surface area contributed by atoms with Crippen LogP contribution in [0.3, 0.4) is 0 Å². The molecule has 0 bridgehead atoms. The summed E-state index contributed by atoms with van der Waals surface area (Å²) in [7, 11) is 0. The van der Waals surface area contributed by atoms with Gasteiger partial charge >= 0.3 is 0 Å². The van der Waals surface area contributed by atoms with Crippen LogP contribution in [0.1, 0.15) is 25.6 Å². The molecule has 1 saturated heterocycles. The topological polar surface area (TPSA) is 78.9 Å². The number of piperazine rings is 1. The fraction of sp³-hybridized carbons (Fsp3) is 0.412. The van der Waals surface area contributed by atoms with E-state index in [2.05, 4.69) is 55.4 Å². The largest absolute Gasteiger partial charge is 0.338 e. The molecule has 0 amide bonds. The summed E-state index contributed by atoms with van der Waals surface area (Å²) in [6, 6.07) is 6.09. The highest BCUT2D eigenvalue weighted by Crippen LogP contribution is 2.24. The van der Waals surface area contributed by atoms with Crippen LogP contribution in [-0.4, -0.2) is 46.1 Å². The Kier molecular flexibility index (Phi) is 4.46. The predicted octanol–water partition coefficient (Wildman–Crippen LogP) is 2.76. The lowest BCUT2D eigenvalue weighted by molar-refractivity contribution is 0.576. The maximum Gasteiger partial charge on any atom is 0.232 e. The SMILES string of the molecule is CC(C)c1nc(Nc2ccc3ncsc3c2)nc(N2CCNCC2)n1. The second-order valence-corrected chi connectivity index (χ2v) is 7.26. The smallest absolute Gasteiger partial charge is 0.232 e. The van der Waals surface area contributed by atoms with E-state index in [1.807, 2.05) is 17.6 Å². The second-order valence-electron chi connectivity index (χ2n) is 6.37. The van der Waals surface area contributed by atoms with E-state index in [1.165, 1.54) is 0 Å². The molecule has 2 N–H and O–H groups in total. The molecule has 3 aromatic rings. The summed E-state index contributed by atoms with van der Waals surface area (Å²) in [5.74, 6) is 2.40.